The fourth-order valence-corrected chi connectivity index (χ4v) is 2.50. The predicted octanol–water partition coefficient (Wildman–Crippen LogP) is 2.58. The minimum Gasteiger partial charge on any atom is -0.267 e. The Morgan fingerprint density at radius 1 is 1.17 bits per heavy atom. The number of halogens is 1. The number of hydrogen-bond donors (Lipinski definition) is 1. The van der Waals surface area contributed by atoms with Gasteiger partial charge in [0.05, 0.1) is 17.0 Å². The number of carbonyl (C=O) groups is 1. The van der Waals surface area contributed by atoms with E-state index < -0.39 is 0 Å². The Morgan fingerprint density at radius 3 is 2.58 bits per heavy atom. The SMILES string of the molecule is C/C(=N/NC(=O)c1ccccc1Br)c1ccc(-n2cnnn2)cc1. The molecular formula is C16H13BrN6O. The molecule has 1 heterocycles. The van der Waals surface area contributed by atoms with Crippen LogP contribution in [0.5, 0.6) is 0 Å². The lowest BCUT2D eigenvalue weighted by Gasteiger charge is -2.05. The van der Waals surface area contributed by atoms with E-state index >= 15 is 0 Å². The van der Waals surface area contributed by atoms with Gasteiger partial charge in [-0.1, -0.05) is 24.3 Å². The first kappa shape index (κ1) is 16.0. The first-order valence-corrected chi connectivity index (χ1v) is 7.87. The molecule has 0 bridgehead atoms. The first-order valence-electron chi connectivity index (χ1n) is 7.08. The van der Waals surface area contributed by atoms with E-state index in [0.29, 0.717) is 11.3 Å². The van der Waals surface area contributed by atoms with Crippen LogP contribution in [0.3, 0.4) is 0 Å². The van der Waals surface area contributed by atoms with Crippen LogP contribution in [0.2, 0.25) is 0 Å². The molecule has 3 rings (SSSR count). The summed E-state index contributed by atoms with van der Waals surface area (Å²) in [6.45, 7) is 1.83. The van der Waals surface area contributed by atoms with Gasteiger partial charge in [-0.2, -0.15) is 5.10 Å². The van der Waals surface area contributed by atoms with Gasteiger partial charge in [-0.15, -0.1) is 5.10 Å². The molecule has 0 saturated heterocycles. The highest BCUT2D eigenvalue weighted by molar-refractivity contribution is 9.10. The number of amides is 1. The largest absolute Gasteiger partial charge is 0.272 e. The maximum Gasteiger partial charge on any atom is 0.272 e. The molecule has 0 aliphatic rings. The van der Waals surface area contributed by atoms with Gasteiger partial charge in [-0.05, 0) is 63.1 Å². The van der Waals surface area contributed by atoms with Gasteiger partial charge < -0.3 is 0 Å². The highest BCUT2D eigenvalue weighted by atomic mass is 79.9. The molecule has 1 aromatic heterocycles. The van der Waals surface area contributed by atoms with Crippen molar-refractivity contribution in [2.45, 2.75) is 6.92 Å². The molecular weight excluding hydrogens is 372 g/mol. The van der Waals surface area contributed by atoms with Gasteiger partial charge in [0.15, 0.2) is 0 Å². The van der Waals surface area contributed by atoms with Gasteiger partial charge in [0, 0.05) is 4.47 Å². The molecule has 0 spiro atoms. The number of nitrogens with zero attached hydrogens (tertiary/aromatic N) is 5. The Balaban J connectivity index is 1.72. The van der Waals surface area contributed by atoms with E-state index in [1.165, 1.54) is 6.33 Å². The van der Waals surface area contributed by atoms with Crippen molar-refractivity contribution < 1.29 is 4.79 Å². The first-order chi connectivity index (χ1) is 11.6. The van der Waals surface area contributed by atoms with Crippen LogP contribution in [0.4, 0.5) is 0 Å². The summed E-state index contributed by atoms with van der Waals surface area (Å²) >= 11 is 3.35. The van der Waals surface area contributed by atoms with Crippen LogP contribution in [0.1, 0.15) is 22.8 Å². The minimum absolute atomic E-state index is 0.271. The van der Waals surface area contributed by atoms with Crippen LogP contribution in [0, 0.1) is 0 Å². The van der Waals surface area contributed by atoms with Crippen molar-refractivity contribution in [1.82, 2.24) is 25.6 Å². The summed E-state index contributed by atoms with van der Waals surface area (Å²) in [7, 11) is 0. The van der Waals surface area contributed by atoms with Crippen molar-refractivity contribution in [3.63, 3.8) is 0 Å². The van der Waals surface area contributed by atoms with Crippen molar-refractivity contribution in [1.29, 1.82) is 0 Å². The van der Waals surface area contributed by atoms with Crippen LogP contribution in [0.15, 0.2) is 64.4 Å². The monoisotopic (exact) mass is 384 g/mol. The number of aromatic nitrogens is 4. The number of rotatable bonds is 4. The molecule has 0 fully saturated rings. The van der Waals surface area contributed by atoms with Gasteiger partial charge in [0.2, 0.25) is 0 Å². The molecule has 8 heteroatoms. The van der Waals surface area contributed by atoms with Gasteiger partial charge in [0.1, 0.15) is 6.33 Å². The average molecular weight is 385 g/mol. The smallest absolute Gasteiger partial charge is 0.267 e. The van der Waals surface area contributed by atoms with E-state index in [1.807, 2.05) is 43.3 Å². The van der Waals surface area contributed by atoms with Crippen molar-refractivity contribution >= 4 is 27.5 Å². The fourth-order valence-electron chi connectivity index (χ4n) is 2.04. The molecule has 1 N–H and O–H groups in total. The average Bonchev–Trinajstić information content (AvgIpc) is 3.14. The Kier molecular flexibility index (Phi) is 4.76. The zero-order valence-corrected chi connectivity index (χ0v) is 14.3. The molecule has 3 aromatic rings. The van der Waals surface area contributed by atoms with Crippen LogP contribution < -0.4 is 5.43 Å². The third-order valence-electron chi connectivity index (χ3n) is 3.34. The Bertz CT molecular complexity index is 874. The second-order valence-corrected chi connectivity index (χ2v) is 5.77. The normalized spacial score (nSPS) is 11.3. The van der Waals surface area contributed by atoms with Crippen molar-refractivity contribution in [2.24, 2.45) is 5.10 Å². The van der Waals surface area contributed by atoms with E-state index in [0.717, 1.165) is 15.7 Å². The number of hydrazone groups is 1. The number of carbonyl (C=O) groups excluding carboxylic acids is 1. The highest BCUT2D eigenvalue weighted by Gasteiger charge is 2.08. The van der Waals surface area contributed by atoms with E-state index in [2.05, 4.69) is 42.0 Å². The lowest BCUT2D eigenvalue weighted by molar-refractivity contribution is 0.0954. The topological polar surface area (TPSA) is 85.1 Å². The van der Waals surface area contributed by atoms with Gasteiger partial charge in [0.25, 0.3) is 5.91 Å². The Hall–Kier alpha value is -2.87. The van der Waals surface area contributed by atoms with Crippen molar-refractivity contribution in [2.75, 3.05) is 0 Å². The van der Waals surface area contributed by atoms with Crippen LogP contribution in [-0.2, 0) is 0 Å². The minimum atomic E-state index is -0.271. The molecule has 0 radical (unpaired) electrons. The van der Waals surface area contributed by atoms with Crippen molar-refractivity contribution in [3.05, 3.63) is 70.5 Å². The number of nitrogens with one attached hydrogen (secondary N) is 1. The molecule has 0 saturated carbocycles. The zero-order valence-electron chi connectivity index (χ0n) is 12.7. The maximum atomic E-state index is 12.1. The standard InChI is InChI=1S/C16H13BrN6O/c1-11(19-20-16(24)14-4-2-3-5-15(14)17)12-6-8-13(9-7-12)23-10-18-21-22-23/h2-10H,1H3,(H,20,24)/b19-11-. The van der Waals surface area contributed by atoms with Crippen LogP contribution >= 0.6 is 15.9 Å². The summed E-state index contributed by atoms with van der Waals surface area (Å²) in [6, 6.07) is 14.7. The second-order valence-electron chi connectivity index (χ2n) is 4.92. The van der Waals surface area contributed by atoms with E-state index in [1.54, 1.807) is 16.8 Å². The molecule has 24 heavy (non-hydrogen) atoms. The summed E-state index contributed by atoms with van der Waals surface area (Å²) in [5.41, 5.74) is 5.52. The molecule has 0 unspecified atom stereocenters. The van der Waals surface area contributed by atoms with E-state index in [9.17, 15) is 4.79 Å². The molecule has 1 amide bonds. The zero-order chi connectivity index (χ0) is 16.9. The van der Waals surface area contributed by atoms with Gasteiger partial charge in [-0.25, -0.2) is 10.1 Å². The summed E-state index contributed by atoms with van der Waals surface area (Å²) in [5.74, 6) is -0.271. The number of benzene rings is 2. The summed E-state index contributed by atoms with van der Waals surface area (Å²) in [5, 5.41) is 15.2. The summed E-state index contributed by atoms with van der Waals surface area (Å²) < 4.78 is 2.28. The fraction of sp³-hybridized carbons (Fsp3) is 0.0625. The predicted molar refractivity (Wildman–Crippen MR) is 93.0 cm³/mol. The molecule has 7 nitrogen and oxygen atoms in total. The lowest BCUT2D eigenvalue weighted by atomic mass is 10.1. The number of hydrogen-bond acceptors (Lipinski definition) is 5. The third-order valence-corrected chi connectivity index (χ3v) is 4.03. The third kappa shape index (κ3) is 3.54. The Labute approximate surface area is 146 Å². The second kappa shape index (κ2) is 7.14. The summed E-state index contributed by atoms with van der Waals surface area (Å²) in [4.78, 5) is 12.1. The van der Waals surface area contributed by atoms with E-state index in [-0.39, 0.29) is 5.91 Å². The molecule has 120 valence electrons. The van der Waals surface area contributed by atoms with E-state index in [4.69, 9.17) is 0 Å². The van der Waals surface area contributed by atoms with Gasteiger partial charge in [-0.3, -0.25) is 4.79 Å². The quantitative estimate of drug-likeness (QED) is 0.553. The maximum absolute atomic E-state index is 12.1. The molecule has 2 aromatic carbocycles. The van der Waals surface area contributed by atoms with Crippen LogP contribution in [0.25, 0.3) is 5.69 Å². The highest BCUT2D eigenvalue weighted by Crippen LogP contribution is 2.15. The van der Waals surface area contributed by atoms with Crippen LogP contribution in [-0.4, -0.2) is 31.8 Å². The molecule has 0 aliphatic heterocycles. The number of tetrazole rings is 1. The molecule has 0 aliphatic carbocycles. The molecule has 0 atom stereocenters. The van der Waals surface area contributed by atoms with Gasteiger partial charge >= 0.3 is 0 Å². The van der Waals surface area contributed by atoms with Crippen molar-refractivity contribution in [3.8, 4) is 5.69 Å². The summed E-state index contributed by atoms with van der Waals surface area (Å²) in [6.07, 6.45) is 1.52. The Morgan fingerprint density at radius 2 is 1.92 bits per heavy atom. The lowest BCUT2D eigenvalue weighted by Crippen LogP contribution is -2.19.